The van der Waals surface area contributed by atoms with Crippen LogP contribution in [-0.2, 0) is 4.79 Å². The lowest BCUT2D eigenvalue weighted by Gasteiger charge is -2.34. The highest BCUT2D eigenvalue weighted by Crippen LogP contribution is 2.27. The van der Waals surface area contributed by atoms with Crippen LogP contribution in [0.3, 0.4) is 0 Å². The second kappa shape index (κ2) is 5.97. The van der Waals surface area contributed by atoms with Gasteiger partial charge in [-0.3, -0.25) is 10.1 Å². The number of aliphatic hydroxyl groups is 3. The third kappa shape index (κ3) is 4.41. The molecule has 0 aromatic carbocycles. The van der Waals surface area contributed by atoms with Gasteiger partial charge in [0.15, 0.2) is 0 Å². The topological polar surface area (TPSA) is 102 Å². The third-order valence-electron chi connectivity index (χ3n) is 3.41. The zero-order valence-electron chi connectivity index (χ0n) is 13.0. The van der Waals surface area contributed by atoms with E-state index in [-0.39, 0.29) is 17.9 Å². The van der Waals surface area contributed by atoms with Gasteiger partial charge in [0, 0.05) is 5.54 Å². The van der Waals surface area contributed by atoms with E-state index in [4.69, 9.17) is 5.11 Å². The smallest absolute Gasteiger partial charge is 0.240 e. The van der Waals surface area contributed by atoms with Crippen molar-refractivity contribution in [3.63, 3.8) is 0 Å². The summed E-state index contributed by atoms with van der Waals surface area (Å²) in [7, 11) is 0. The quantitative estimate of drug-likeness (QED) is 0.474. The fourth-order valence-electron chi connectivity index (χ4n) is 3.04. The molecule has 6 nitrogen and oxygen atoms in total. The highest BCUT2D eigenvalue weighted by Gasteiger charge is 2.45. The minimum atomic E-state index is -1.21. The molecule has 4 atom stereocenters. The molecule has 0 bridgehead atoms. The Labute approximate surface area is 120 Å². The highest BCUT2D eigenvalue weighted by atomic mass is 16.3. The van der Waals surface area contributed by atoms with Gasteiger partial charge < -0.3 is 20.6 Å². The van der Waals surface area contributed by atoms with Crippen molar-refractivity contribution >= 4 is 5.91 Å². The molecule has 1 fully saturated rings. The summed E-state index contributed by atoms with van der Waals surface area (Å²) in [6, 6.07) is -1.58. The zero-order valence-corrected chi connectivity index (χ0v) is 13.0. The SMILES string of the molecule is CC(C)(C)CC(C)(C)NC(=O)[C@@H]1N[C@H](CO)[C@H](O)[C@@H]1O. The predicted octanol–water partition coefficient (Wildman–Crippen LogP) is -0.628. The molecule has 0 saturated carbocycles. The molecule has 0 aromatic heterocycles. The van der Waals surface area contributed by atoms with E-state index in [1.54, 1.807) is 0 Å². The molecule has 5 N–H and O–H groups in total. The van der Waals surface area contributed by atoms with Crippen LogP contribution in [0, 0.1) is 5.41 Å². The van der Waals surface area contributed by atoms with E-state index in [1.807, 2.05) is 13.8 Å². The van der Waals surface area contributed by atoms with Crippen LogP contribution >= 0.6 is 0 Å². The fraction of sp³-hybridized carbons (Fsp3) is 0.929. The average Bonchev–Trinajstić information content (AvgIpc) is 2.51. The molecule has 118 valence electrons. The van der Waals surface area contributed by atoms with E-state index in [0.717, 1.165) is 6.42 Å². The number of hydrogen-bond acceptors (Lipinski definition) is 5. The summed E-state index contributed by atoms with van der Waals surface area (Å²) >= 11 is 0. The van der Waals surface area contributed by atoms with Gasteiger partial charge in [-0.2, -0.15) is 0 Å². The maximum atomic E-state index is 12.2. The molecule has 0 unspecified atom stereocenters. The summed E-state index contributed by atoms with van der Waals surface area (Å²) in [5.74, 6) is -0.359. The first-order chi connectivity index (χ1) is 8.97. The second-order valence-corrected chi connectivity index (χ2v) is 7.53. The predicted molar refractivity (Wildman–Crippen MR) is 76.1 cm³/mol. The van der Waals surface area contributed by atoms with Crippen LogP contribution in [0.25, 0.3) is 0 Å². The van der Waals surface area contributed by atoms with Crippen molar-refractivity contribution in [1.82, 2.24) is 10.6 Å². The number of aliphatic hydroxyl groups excluding tert-OH is 3. The summed E-state index contributed by atoms with van der Waals surface area (Å²) in [5.41, 5.74) is -0.357. The molecule has 20 heavy (non-hydrogen) atoms. The molecule has 0 aromatic rings. The Bertz CT molecular complexity index is 352. The summed E-state index contributed by atoms with van der Waals surface area (Å²) in [5, 5.41) is 34.3. The fourth-order valence-corrected chi connectivity index (χ4v) is 3.04. The van der Waals surface area contributed by atoms with Gasteiger partial charge in [-0.25, -0.2) is 0 Å². The standard InChI is InChI=1S/C14H28N2O4/c1-13(2,3)7-14(4,5)16-12(20)9-11(19)10(18)8(6-17)15-9/h8-11,15,17-19H,6-7H2,1-5H3,(H,16,20)/t8-,9-,10+,11-/m1/s1. The van der Waals surface area contributed by atoms with Gasteiger partial charge in [-0.1, -0.05) is 20.8 Å². The first kappa shape index (κ1) is 17.4. The monoisotopic (exact) mass is 288 g/mol. The molecular weight excluding hydrogens is 260 g/mol. The van der Waals surface area contributed by atoms with Crippen LogP contribution in [0.4, 0.5) is 0 Å². The normalized spacial score (nSPS) is 31.4. The molecule has 1 saturated heterocycles. The van der Waals surface area contributed by atoms with Crippen molar-refractivity contribution in [1.29, 1.82) is 0 Å². The van der Waals surface area contributed by atoms with Gasteiger partial charge in [-0.15, -0.1) is 0 Å². The van der Waals surface area contributed by atoms with Gasteiger partial charge in [0.05, 0.1) is 18.8 Å². The maximum Gasteiger partial charge on any atom is 0.240 e. The Kier molecular flexibility index (Phi) is 5.18. The van der Waals surface area contributed by atoms with Gasteiger partial charge >= 0.3 is 0 Å². The number of carbonyl (C=O) groups is 1. The average molecular weight is 288 g/mol. The number of hydrogen-bond donors (Lipinski definition) is 5. The zero-order chi connectivity index (χ0) is 15.7. The Morgan fingerprint density at radius 2 is 1.70 bits per heavy atom. The lowest BCUT2D eigenvalue weighted by Crippen LogP contribution is -2.55. The third-order valence-corrected chi connectivity index (χ3v) is 3.41. The van der Waals surface area contributed by atoms with Gasteiger partial charge in [-0.05, 0) is 25.7 Å². The van der Waals surface area contributed by atoms with Crippen molar-refractivity contribution in [2.45, 2.75) is 70.9 Å². The number of rotatable bonds is 4. The maximum absolute atomic E-state index is 12.2. The number of nitrogens with one attached hydrogen (secondary N) is 2. The summed E-state index contributed by atoms with van der Waals surface area (Å²) in [6.07, 6.45) is -1.57. The lowest BCUT2D eigenvalue weighted by atomic mass is 9.81. The van der Waals surface area contributed by atoms with Gasteiger partial charge in [0.1, 0.15) is 12.1 Å². The summed E-state index contributed by atoms with van der Waals surface area (Å²) in [4.78, 5) is 12.2. The Balaban J connectivity index is 2.67. The van der Waals surface area contributed by atoms with Gasteiger partial charge in [0.25, 0.3) is 0 Å². The van der Waals surface area contributed by atoms with Crippen LogP contribution in [0.1, 0.15) is 41.0 Å². The van der Waals surface area contributed by atoms with Gasteiger partial charge in [0.2, 0.25) is 5.91 Å². The molecule has 0 spiro atoms. The Morgan fingerprint density at radius 1 is 1.15 bits per heavy atom. The number of amides is 1. The van der Waals surface area contributed by atoms with E-state index < -0.39 is 29.8 Å². The molecule has 1 amide bonds. The molecule has 0 radical (unpaired) electrons. The highest BCUT2D eigenvalue weighted by molar-refractivity contribution is 5.83. The largest absolute Gasteiger partial charge is 0.395 e. The van der Waals surface area contributed by atoms with Crippen molar-refractivity contribution in [2.24, 2.45) is 5.41 Å². The van der Waals surface area contributed by atoms with Crippen LogP contribution < -0.4 is 10.6 Å². The lowest BCUT2D eigenvalue weighted by molar-refractivity contribution is -0.127. The van der Waals surface area contributed by atoms with Crippen molar-refractivity contribution in [3.8, 4) is 0 Å². The number of carbonyl (C=O) groups excluding carboxylic acids is 1. The molecule has 1 rings (SSSR count). The first-order valence-electron chi connectivity index (χ1n) is 7.02. The van der Waals surface area contributed by atoms with Crippen LogP contribution in [-0.4, -0.2) is 57.7 Å². The molecule has 1 aliphatic heterocycles. The van der Waals surface area contributed by atoms with Crippen LogP contribution in [0.5, 0.6) is 0 Å². The first-order valence-corrected chi connectivity index (χ1v) is 7.02. The molecule has 0 aliphatic carbocycles. The minimum Gasteiger partial charge on any atom is -0.395 e. The summed E-state index contributed by atoms with van der Waals surface area (Å²) < 4.78 is 0. The minimum absolute atomic E-state index is 0.0612. The second-order valence-electron chi connectivity index (χ2n) is 7.53. The Morgan fingerprint density at radius 3 is 2.10 bits per heavy atom. The summed E-state index contributed by atoms with van der Waals surface area (Å²) in [6.45, 7) is 9.81. The van der Waals surface area contributed by atoms with E-state index in [1.165, 1.54) is 0 Å². The van der Waals surface area contributed by atoms with E-state index in [0.29, 0.717) is 0 Å². The molecule has 6 heteroatoms. The van der Waals surface area contributed by atoms with Crippen molar-refractivity contribution in [3.05, 3.63) is 0 Å². The molecule has 1 aliphatic rings. The van der Waals surface area contributed by atoms with E-state index >= 15 is 0 Å². The van der Waals surface area contributed by atoms with E-state index in [2.05, 4.69) is 31.4 Å². The Hall–Kier alpha value is -0.690. The van der Waals surface area contributed by atoms with E-state index in [9.17, 15) is 15.0 Å². The van der Waals surface area contributed by atoms with Crippen LogP contribution in [0.15, 0.2) is 0 Å². The van der Waals surface area contributed by atoms with Crippen molar-refractivity contribution < 1.29 is 20.1 Å². The van der Waals surface area contributed by atoms with Crippen molar-refractivity contribution in [2.75, 3.05) is 6.61 Å². The molecular formula is C14H28N2O4. The van der Waals surface area contributed by atoms with Crippen LogP contribution in [0.2, 0.25) is 0 Å². The molecule has 1 heterocycles.